The Bertz CT molecular complexity index is 712. The van der Waals surface area contributed by atoms with E-state index in [2.05, 4.69) is 24.3 Å². The molecule has 1 N–H and O–H groups in total. The van der Waals surface area contributed by atoms with E-state index in [1.54, 1.807) is 19.1 Å². The van der Waals surface area contributed by atoms with Crippen LogP contribution in [0.4, 0.5) is 10.1 Å². The predicted octanol–water partition coefficient (Wildman–Crippen LogP) is 4.33. The average Bonchev–Trinajstić information content (AvgIpc) is 2.57. The molecule has 0 unspecified atom stereocenters. The molecular formula is C19H21FN2O2. The number of nitrogens with zero attached hydrogens (tertiary/aromatic N) is 1. The standard InChI is InChI=1S/C19H21FN2O2/c1-13(2)16-10-8-15(9-11-16)12-21-24-14(3)19(23)22-18-7-5-4-6-17(18)20/h4-14H,1-3H3,(H,22,23)/b21-12-/t14-/m0/s1. The van der Waals surface area contributed by atoms with Crippen molar-refractivity contribution in [2.45, 2.75) is 32.8 Å². The third kappa shape index (κ3) is 4.91. The Labute approximate surface area is 141 Å². The van der Waals surface area contributed by atoms with Crippen LogP contribution in [-0.4, -0.2) is 18.2 Å². The Morgan fingerprint density at radius 2 is 1.79 bits per heavy atom. The summed E-state index contributed by atoms with van der Waals surface area (Å²) >= 11 is 0. The summed E-state index contributed by atoms with van der Waals surface area (Å²) in [4.78, 5) is 17.1. The number of nitrogens with one attached hydrogen (secondary N) is 1. The number of rotatable bonds is 6. The van der Waals surface area contributed by atoms with Gasteiger partial charge in [-0.1, -0.05) is 55.4 Å². The monoisotopic (exact) mass is 328 g/mol. The second-order valence-electron chi connectivity index (χ2n) is 5.77. The Morgan fingerprint density at radius 1 is 1.12 bits per heavy atom. The van der Waals surface area contributed by atoms with Gasteiger partial charge >= 0.3 is 0 Å². The molecular weight excluding hydrogens is 307 g/mol. The second-order valence-corrected chi connectivity index (χ2v) is 5.77. The Kier molecular flexibility index (Phi) is 6.07. The highest BCUT2D eigenvalue weighted by Crippen LogP contribution is 2.14. The van der Waals surface area contributed by atoms with E-state index in [4.69, 9.17) is 4.84 Å². The van der Waals surface area contributed by atoms with Gasteiger partial charge in [-0.15, -0.1) is 0 Å². The lowest BCUT2D eigenvalue weighted by molar-refractivity contribution is -0.126. The first kappa shape index (κ1) is 17.7. The quantitative estimate of drug-likeness (QED) is 0.634. The smallest absolute Gasteiger partial charge is 0.268 e. The molecule has 126 valence electrons. The number of carbonyl (C=O) groups excluding carboxylic acids is 1. The SMILES string of the molecule is CC(C)c1ccc(/C=N\O[C@@H](C)C(=O)Nc2ccccc2F)cc1. The fraction of sp³-hybridized carbons (Fsp3) is 0.263. The number of hydrogen-bond acceptors (Lipinski definition) is 3. The van der Waals surface area contributed by atoms with Crippen LogP contribution in [-0.2, 0) is 9.63 Å². The average molecular weight is 328 g/mol. The largest absolute Gasteiger partial charge is 0.383 e. The normalized spacial score (nSPS) is 12.4. The number of anilines is 1. The van der Waals surface area contributed by atoms with Crippen LogP contribution in [0.3, 0.4) is 0 Å². The van der Waals surface area contributed by atoms with Crippen LogP contribution >= 0.6 is 0 Å². The molecule has 24 heavy (non-hydrogen) atoms. The maximum absolute atomic E-state index is 13.5. The van der Waals surface area contributed by atoms with Crippen LogP contribution < -0.4 is 5.32 Å². The van der Waals surface area contributed by atoms with Crippen molar-refractivity contribution >= 4 is 17.8 Å². The van der Waals surface area contributed by atoms with Crippen molar-refractivity contribution in [3.8, 4) is 0 Å². The van der Waals surface area contributed by atoms with E-state index >= 15 is 0 Å². The first-order valence-electron chi connectivity index (χ1n) is 7.82. The van der Waals surface area contributed by atoms with Crippen molar-refractivity contribution in [3.63, 3.8) is 0 Å². The molecule has 0 aliphatic rings. The summed E-state index contributed by atoms with van der Waals surface area (Å²) in [6.45, 7) is 5.81. The lowest BCUT2D eigenvalue weighted by Gasteiger charge is -2.11. The number of para-hydroxylation sites is 1. The first-order valence-corrected chi connectivity index (χ1v) is 7.82. The Morgan fingerprint density at radius 3 is 2.42 bits per heavy atom. The molecule has 0 saturated carbocycles. The summed E-state index contributed by atoms with van der Waals surface area (Å²) in [5.41, 5.74) is 2.23. The van der Waals surface area contributed by atoms with E-state index in [1.807, 2.05) is 24.3 Å². The van der Waals surface area contributed by atoms with Gasteiger partial charge in [-0.2, -0.15) is 0 Å². The van der Waals surface area contributed by atoms with E-state index in [-0.39, 0.29) is 5.69 Å². The maximum atomic E-state index is 13.5. The van der Waals surface area contributed by atoms with Crippen molar-refractivity contribution in [1.82, 2.24) is 0 Å². The number of halogens is 1. The molecule has 4 nitrogen and oxygen atoms in total. The lowest BCUT2D eigenvalue weighted by Crippen LogP contribution is -2.26. The molecule has 2 aromatic rings. The van der Waals surface area contributed by atoms with Crippen molar-refractivity contribution in [2.75, 3.05) is 5.32 Å². The zero-order chi connectivity index (χ0) is 17.5. The minimum atomic E-state index is -0.837. The third-order valence-corrected chi connectivity index (χ3v) is 3.52. The number of hydrogen-bond donors (Lipinski definition) is 1. The predicted molar refractivity (Wildman–Crippen MR) is 93.7 cm³/mol. The summed E-state index contributed by atoms with van der Waals surface area (Å²) in [7, 11) is 0. The molecule has 1 amide bonds. The molecule has 0 spiro atoms. The highest BCUT2D eigenvalue weighted by atomic mass is 19.1. The van der Waals surface area contributed by atoms with E-state index in [0.29, 0.717) is 5.92 Å². The van der Waals surface area contributed by atoms with Crippen molar-refractivity contribution in [3.05, 3.63) is 65.5 Å². The van der Waals surface area contributed by atoms with E-state index in [0.717, 1.165) is 5.56 Å². The second kappa shape index (κ2) is 8.24. The molecule has 5 heteroatoms. The van der Waals surface area contributed by atoms with Gasteiger partial charge in [0.2, 0.25) is 6.10 Å². The third-order valence-electron chi connectivity index (χ3n) is 3.52. The van der Waals surface area contributed by atoms with Crippen molar-refractivity contribution in [1.29, 1.82) is 0 Å². The molecule has 0 saturated heterocycles. The highest BCUT2D eigenvalue weighted by Gasteiger charge is 2.15. The van der Waals surface area contributed by atoms with Gasteiger partial charge < -0.3 is 10.2 Å². The summed E-state index contributed by atoms with van der Waals surface area (Å²) in [5, 5.41) is 6.29. The van der Waals surface area contributed by atoms with Gasteiger partial charge in [-0.05, 0) is 36.1 Å². The van der Waals surface area contributed by atoms with Crippen LogP contribution in [0.15, 0.2) is 53.7 Å². The topological polar surface area (TPSA) is 50.7 Å². The molecule has 0 bridgehead atoms. The summed E-state index contributed by atoms with van der Waals surface area (Å²) in [6, 6.07) is 13.9. The maximum Gasteiger partial charge on any atom is 0.268 e. The van der Waals surface area contributed by atoms with Crippen molar-refractivity contribution in [2.24, 2.45) is 5.16 Å². The van der Waals surface area contributed by atoms with Crippen LogP contribution in [0.2, 0.25) is 0 Å². The zero-order valence-electron chi connectivity index (χ0n) is 14.0. The minimum absolute atomic E-state index is 0.117. The molecule has 2 rings (SSSR count). The molecule has 0 aliphatic heterocycles. The van der Waals surface area contributed by atoms with E-state index in [9.17, 15) is 9.18 Å². The molecule has 0 aliphatic carbocycles. The minimum Gasteiger partial charge on any atom is -0.383 e. The van der Waals surface area contributed by atoms with E-state index < -0.39 is 17.8 Å². The Hall–Kier alpha value is -2.69. The number of amides is 1. The van der Waals surface area contributed by atoms with Gasteiger partial charge in [-0.3, -0.25) is 4.79 Å². The van der Waals surface area contributed by atoms with Crippen LogP contribution in [0.5, 0.6) is 0 Å². The van der Waals surface area contributed by atoms with Crippen LogP contribution in [0, 0.1) is 5.82 Å². The van der Waals surface area contributed by atoms with E-state index in [1.165, 1.54) is 23.9 Å². The van der Waals surface area contributed by atoms with Gasteiger partial charge in [-0.25, -0.2) is 4.39 Å². The Balaban J connectivity index is 1.88. The fourth-order valence-corrected chi connectivity index (χ4v) is 1.99. The summed E-state index contributed by atoms with van der Waals surface area (Å²) < 4.78 is 13.5. The fourth-order valence-electron chi connectivity index (χ4n) is 1.99. The molecule has 2 aromatic carbocycles. The van der Waals surface area contributed by atoms with Gasteiger partial charge in [0, 0.05) is 0 Å². The number of oxime groups is 1. The molecule has 0 fully saturated rings. The lowest BCUT2D eigenvalue weighted by atomic mass is 10.0. The summed E-state index contributed by atoms with van der Waals surface area (Å²) in [6.07, 6.45) is 0.701. The van der Waals surface area contributed by atoms with Gasteiger partial charge in [0.15, 0.2) is 0 Å². The summed E-state index contributed by atoms with van der Waals surface area (Å²) in [5.74, 6) is -0.492. The number of benzene rings is 2. The van der Waals surface area contributed by atoms with Gasteiger partial charge in [0.1, 0.15) is 5.82 Å². The molecule has 1 atom stereocenters. The van der Waals surface area contributed by atoms with Gasteiger partial charge in [0.25, 0.3) is 5.91 Å². The highest BCUT2D eigenvalue weighted by molar-refractivity contribution is 5.94. The molecule has 0 radical (unpaired) electrons. The van der Waals surface area contributed by atoms with Gasteiger partial charge in [0.05, 0.1) is 11.9 Å². The van der Waals surface area contributed by atoms with Crippen LogP contribution in [0.25, 0.3) is 0 Å². The van der Waals surface area contributed by atoms with Crippen molar-refractivity contribution < 1.29 is 14.0 Å². The number of carbonyl (C=O) groups is 1. The first-order chi connectivity index (χ1) is 11.5. The van der Waals surface area contributed by atoms with Crippen LogP contribution in [0.1, 0.15) is 37.8 Å². The zero-order valence-corrected chi connectivity index (χ0v) is 14.0. The molecule has 0 heterocycles. The molecule has 0 aromatic heterocycles.